The van der Waals surface area contributed by atoms with E-state index in [4.69, 9.17) is 10.00 Å². The third-order valence-electron chi connectivity index (χ3n) is 3.31. The average molecular weight is 397 g/mol. The number of non-ortho nitro benzene ring substituents is 2. The molecule has 0 saturated heterocycles. The quantitative estimate of drug-likeness (QED) is 0.242. The van der Waals surface area contributed by atoms with E-state index in [1.54, 1.807) is 12.1 Å². The van der Waals surface area contributed by atoms with Gasteiger partial charge in [-0.3, -0.25) is 25.0 Å². The number of nitro benzene ring substituents is 2. The fraction of sp³-hybridized carbons (Fsp3) is 0.0588. The molecule has 146 valence electrons. The molecule has 12 nitrogen and oxygen atoms in total. The smallest absolute Gasteiger partial charge is 0.344 e. The fourth-order valence-corrected chi connectivity index (χ4v) is 2.05. The van der Waals surface area contributed by atoms with E-state index in [1.165, 1.54) is 18.2 Å². The number of nitrogens with one attached hydrogen (secondary N) is 1. The van der Waals surface area contributed by atoms with E-state index in [0.717, 1.165) is 24.4 Å². The Kier molecular flexibility index (Phi) is 6.64. The van der Waals surface area contributed by atoms with Crippen LogP contribution in [0.2, 0.25) is 0 Å². The van der Waals surface area contributed by atoms with Crippen LogP contribution in [-0.4, -0.2) is 27.9 Å². The number of rotatable bonds is 7. The second-order valence-corrected chi connectivity index (χ2v) is 5.31. The van der Waals surface area contributed by atoms with Crippen LogP contribution >= 0.6 is 0 Å². The molecule has 0 aliphatic heterocycles. The Morgan fingerprint density at radius 1 is 1.14 bits per heavy atom. The number of hydrogen-bond donors (Lipinski definition) is 1. The van der Waals surface area contributed by atoms with Crippen molar-refractivity contribution >= 4 is 29.5 Å². The summed E-state index contributed by atoms with van der Waals surface area (Å²) in [5, 5.41) is 33.9. The van der Waals surface area contributed by atoms with Crippen molar-refractivity contribution < 1.29 is 24.2 Å². The first kappa shape index (κ1) is 20.6. The lowest BCUT2D eigenvalue weighted by Gasteiger charge is -2.07. The molecule has 0 bridgehead atoms. The lowest BCUT2D eigenvalue weighted by atomic mass is 10.1. The van der Waals surface area contributed by atoms with Gasteiger partial charge in [0.1, 0.15) is 12.2 Å². The van der Waals surface area contributed by atoms with E-state index < -0.39 is 33.1 Å². The summed E-state index contributed by atoms with van der Waals surface area (Å²) in [5.41, 5.74) is 0.699. The second-order valence-electron chi connectivity index (χ2n) is 5.31. The van der Waals surface area contributed by atoms with Gasteiger partial charge in [-0.2, -0.15) is 10.4 Å². The Morgan fingerprint density at radius 2 is 1.76 bits per heavy atom. The van der Waals surface area contributed by atoms with Gasteiger partial charge in [-0.05, 0) is 12.1 Å². The monoisotopic (exact) mass is 397 g/mol. The molecule has 0 aliphatic carbocycles. The van der Waals surface area contributed by atoms with E-state index in [9.17, 15) is 29.8 Å². The van der Waals surface area contributed by atoms with Gasteiger partial charge in [0.05, 0.1) is 33.8 Å². The molecule has 0 saturated carbocycles. The minimum absolute atomic E-state index is 0.00931. The number of carbonyl (C=O) groups excluding carboxylic acids is 2. The maximum absolute atomic E-state index is 12.4. The summed E-state index contributed by atoms with van der Waals surface area (Å²) in [7, 11) is 0. The lowest BCUT2D eigenvalue weighted by Crippen LogP contribution is -2.16. The van der Waals surface area contributed by atoms with E-state index in [0.29, 0.717) is 0 Å². The Bertz CT molecular complexity index is 1030. The zero-order valence-corrected chi connectivity index (χ0v) is 14.5. The molecule has 2 aromatic rings. The number of hydrazone groups is 1. The number of nitriles is 1. The number of carbonyl (C=O) groups is 2. The highest BCUT2D eigenvalue weighted by Gasteiger charge is 2.21. The maximum atomic E-state index is 12.4. The molecule has 0 spiro atoms. The van der Waals surface area contributed by atoms with Crippen LogP contribution in [0.15, 0.2) is 47.6 Å². The minimum atomic E-state index is -1.06. The minimum Gasteiger partial charge on any atom is -0.422 e. The summed E-state index contributed by atoms with van der Waals surface area (Å²) in [6, 6.07) is 10.1. The van der Waals surface area contributed by atoms with E-state index >= 15 is 0 Å². The van der Waals surface area contributed by atoms with Crippen molar-refractivity contribution in [1.82, 2.24) is 5.43 Å². The van der Waals surface area contributed by atoms with E-state index in [-0.39, 0.29) is 23.3 Å². The van der Waals surface area contributed by atoms with Gasteiger partial charge in [0.2, 0.25) is 0 Å². The Morgan fingerprint density at radius 3 is 2.34 bits per heavy atom. The number of nitrogens with zero attached hydrogens (tertiary/aromatic N) is 4. The molecule has 0 heterocycles. The third-order valence-corrected chi connectivity index (χ3v) is 3.31. The lowest BCUT2D eigenvalue weighted by molar-refractivity contribution is -0.394. The van der Waals surface area contributed by atoms with Gasteiger partial charge in [-0.25, -0.2) is 10.2 Å². The highest BCUT2D eigenvalue weighted by Crippen LogP contribution is 2.24. The summed E-state index contributed by atoms with van der Waals surface area (Å²) in [6.45, 7) is 0. The summed E-state index contributed by atoms with van der Waals surface area (Å²) in [4.78, 5) is 43.7. The number of benzene rings is 2. The number of amides is 1. The van der Waals surface area contributed by atoms with Crippen LogP contribution in [0.5, 0.6) is 5.75 Å². The van der Waals surface area contributed by atoms with Gasteiger partial charge >= 0.3 is 5.97 Å². The van der Waals surface area contributed by atoms with Crippen LogP contribution < -0.4 is 10.2 Å². The molecule has 1 N–H and O–H groups in total. The fourth-order valence-electron chi connectivity index (χ4n) is 2.05. The zero-order valence-electron chi connectivity index (χ0n) is 14.5. The first-order valence-electron chi connectivity index (χ1n) is 7.75. The standard InChI is InChI=1S/C17H11N5O7/c18-6-5-16(23)20-19-10-11-3-1-2-4-15(11)29-17(24)12-7-13(21(25)26)9-14(8-12)22(27)28/h1-4,7-10H,5H2,(H,20,23)/b19-10-. The summed E-state index contributed by atoms with van der Waals surface area (Å²) < 4.78 is 5.17. The molecular weight excluding hydrogens is 386 g/mol. The number of hydrogen-bond acceptors (Lipinski definition) is 9. The normalized spacial score (nSPS) is 10.2. The number of ether oxygens (including phenoxy) is 1. The molecule has 29 heavy (non-hydrogen) atoms. The third kappa shape index (κ3) is 5.66. The SMILES string of the molecule is N#CCC(=O)N/N=C\c1ccccc1OC(=O)c1cc([N+](=O)[O-])cc([N+](=O)[O-])c1. The predicted octanol–water partition coefficient (Wildman–Crippen LogP) is 2.09. The van der Waals surface area contributed by atoms with Gasteiger partial charge in [0, 0.05) is 17.7 Å². The number of para-hydroxylation sites is 1. The summed E-state index contributed by atoms with van der Waals surface area (Å²) in [6.07, 6.45) is 0.771. The molecule has 0 fully saturated rings. The largest absolute Gasteiger partial charge is 0.422 e. The molecule has 2 rings (SSSR count). The van der Waals surface area contributed by atoms with Crippen LogP contribution in [0.4, 0.5) is 11.4 Å². The van der Waals surface area contributed by atoms with Crippen LogP contribution in [0.1, 0.15) is 22.3 Å². The first-order valence-corrected chi connectivity index (χ1v) is 7.75. The van der Waals surface area contributed by atoms with Crippen LogP contribution in [0.3, 0.4) is 0 Å². The molecule has 0 aromatic heterocycles. The molecule has 2 aromatic carbocycles. The average Bonchev–Trinajstić information content (AvgIpc) is 2.69. The zero-order chi connectivity index (χ0) is 21.4. The van der Waals surface area contributed by atoms with Crippen molar-refractivity contribution in [1.29, 1.82) is 5.26 Å². The van der Waals surface area contributed by atoms with Crippen LogP contribution in [0, 0.1) is 31.6 Å². The molecular formula is C17H11N5O7. The summed E-state index contributed by atoms with van der Waals surface area (Å²) >= 11 is 0. The number of esters is 1. The Labute approximate surface area is 162 Å². The van der Waals surface area contributed by atoms with Gasteiger partial charge in [0.25, 0.3) is 17.3 Å². The molecule has 0 aliphatic rings. The van der Waals surface area contributed by atoms with Gasteiger partial charge in [0.15, 0.2) is 0 Å². The van der Waals surface area contributed by atoms with Crippen LogP contribution in [-0.2, 0) is 4.79 Å². The topological polar surface area (TPSA) is 178 Å². The second kappa shape index (κ2) is 9.33. The van der Waals surface area contributed by atoms with Gasteiger partial charge in [-0.1, -0.05) is 12.1 Å². The van der Waals surface area contributed by atoms with Crippen molar-refractivity contribution in [2.24, 2.45) is 5.10 Å². The summed E-state index contributed by atoms with van der Waals surface area (Å²) in [5.74, 6) is -1.71. The van der Waals surface area contributed by atoms with Crippen molar-refractivity contribution in [3.8, 4) is 11.8 Å². The van der Waals surface area contributed by atoms with Crippen molar-refractivity contribution in [3.63, 3.8) is 0 Å². The molecule has 0 radical (unpaired) electrons. The maximum Gasteiger partial charge on any atom is 0.344 e. The van der Waals surface area contributed by atoms with E-state index in [1.807, 2.05) is 0 Å². The van der Waals surface area contributed by atoms with Crippen molar-refractivity contribution in [2.75, 3.05) is 0 Å². The van der Waals surface area contributed by atoms with Crippen molar-refractivity contribution in [2.45, 2.75) is 6.42 Å². The number of nitro groups is 2. The predicted molar refractivity (Wildman–Crippen MR) is 97.1 cm³/mol. The highest BCUT2D eigenvalue weighted by molar-refractivity contribution is 5.94. The van der Waals surface area contributed by atoms with Crippen molar-refractivity contribution in [3.05, 3.63) is 73.8 Å². The molecule has 0 unspecified atom stereocenters. The highest BCUT2D eigenvalue weighted by atomic mass is 16.6. The molecule has 12 heteroatoms. The Balaban J connectivity index is 2.27. The van der Waals surface area contributed by atoms with E-state index in [2.05, 4.69) is 10.5 Å². The van der Waals surface area contributed by atoms with Crippen LogP contribution in [0.25, 0.3) is 0 Å². The molecule has 1 amide bonds. The molecule has 0 atom stereocenters. The Hall–Kier alpha value is -4.66. The van der Waals surface area contributed by atoms with Gasteiger partial charge in [-0.15, -0.1) is 0 Å². The van der Waals surface area contributed by atoms with Gasteiger partial charge < -0.3 is 4.74 Å². The first-order chi connectivity index (χ1) is 13.8.